The fourth-order valence-corrected chi connectivity index (χ4v) is 2.02. The molecule has 0 atom stereocenters. The van der Waals surface area contributed by atoms with Gasteiger partial charge >= 0.3 is 5.97 Å². The molecular formula is C10H10N4O5S. The van der Waals surface area contributed by atoms with Gasteiger partial charge in [-0.2, -0.15) is 4.98 Å². The van der Waals surface area contributed by atoms with Crippen molar-refractivity contribution in [3.05, 3.63) is 36.0 Å². The molecule has 2 aromatic rings. The van der Waals surface area contributed by atoms with Crippen LogP contribution < -0.4 is 10.5 Å². The summed E-state index contributed by atoms with van der Waals surface area (Å²) < 4.78 is 26.9. The Kier molecular flexibility index (Phi) is 3.68. The molecule has 2 rings (SSSR count). The zero-order valence-electron chi connectivity index (χ0n) is 9.98. The first-order valence-corrected chi connectivity index (χ1v) is 6.82. The lowest BCUT2D eigenvalue weighted by atomic mass is 10.2. The number of rotatable bonds is 5. The van der Waals surface area contributed by atoms with Crippen molar-refractivity contribution < 1.29 is 22.8 Å². The van der Waals surface area contributed by atoms with E-state index in [2.05, 4.69) is 20.0 Å². The second-order valence-corrected chi connectivity index (χ2v) is 5.32. The number of primary sulfonamides is 1. The number of carboxylic acid groups (broad SMARTS) is 1. The summed E-state index contributed by atoms with van der Waals surface area (Å²) in [7, 11) is -3.96. The van der Waals surface area contributed by atoms with E-state index in [1.807, 2.05) is 0 Å². The molecule has 0 spiro atoms. The van der Waals surface area contributed by atoms with Gasteiger partial charge < -0.3 is 14.9 Å². The highest BCUT2D eigenvalue weighted by Gasteiger charge is 2.16. The first-order valence-electron chi connectivity index (χ1n) is 5.27. The van der Waals surface area contributed by atoms with E-state index < -0.39 is 16.0 Å². The molecule has 20 heavy (non-hydrogen) atoms. The summed E-state index contributed by atoms with van der Waals surface area (Å²) in [6, 6.07) is 3.50. The van der Waals surface area contributed by atoms with Crippen LogP contribution in [0.25, 0.3) is 0 Å². The van der Waals surface area contributed by atoms with Crippen molar-refractivity contribution in [3.8, 4) is 0 Å². The lowest BCUT2D eigenvalue weighted by Gasteiger charge is -2.09. The minimum absolute atomic E-state index is 0.130. The number of anilines is 1. The lowest BCUT2D eigenvalue weighted by Crippen LogP contribution is -2.14. The summed E-state index contributed by atoms with van der Waals surface area (Å²) in [4.78, 5) is 14.6. The Bertz CT molecular complexity index is 726. The van der Waals surface area contributed by atoms with Gasteiger partial charge in [-0.25, -0.2) is 18.4 Å². The van der Waals surface area contributed by atoms with E-state index in [1.54, 1.807) is 0 Å². The Labute approximate surface area is 113 Å². The van der Waals surface area contributed by atoms with Crippen LogP contribution in [0.2, 0.25) is 0 Å². The van der Waals surface area contributed by atoms with Gasteiger partial charge in [0.2, 0.25) is 16.4 Å². The third-order valence-corrected chi connectivity index (χ3v) is 3.30. The number of aromatic carboxylic acids is 1. The van der Waals surface area contributed by atoms with Crippen LogP contribution in [0.15, 0.2) is 34.0 Å². The average molecular weight is 298 g/mol. The van der Waals surface area contributed by atoms with Crippen LogP contribution in [0.1, 0.15) is 16.2 Å². The number of carboxylic acids is 1. The summed E-state index contributed by atoms with van der Waals surface area (Å²) in [5.41, 5.74) is -0.00489. The van der Waals surface area contributed by atoms with Gasteiger partial charge in [-0.15, -0.1) is 0 Å². The maximum absolute atomic E-state index is 11.2. The van der Waals surface area contributed by atoms with Gasteiger partial charge in [0.05, 0.1) is 17.0 Å². The molecule has 1 heterocycles. The molecule has 0 saturated carbocycles. The number of carbonyl (C=O) groups is 1. The molecule has 0 aliphatic heterocycles. The first kappa shape index (κ1) is 14.0. The molecule has 106 valence electrons. The molecule has 0 amide bonds. The number of nitrogens with one attached hydrogen (secondary N) is 1. The average Bonchev–Trinajstić information content (AvgIpc) is 2.88. The van der Waals surface area contributed by atoms with Gasteiger partial charge in [0.25, 0.3) is 0 Å². The first-order chi connectivity index (χ1) is 9.38. The zero-order valence-corrected chi connectivity index (χ0v) is 10.8. The van der Waals surface area contributed by atoms with Gasteiger partial charge in [0.15, 0.2) is 5.82 Å². The van der Waals surface area contributed by atoms with Crippen LogP contribution in [0.5, 0.6) is 0 Å². The standard InChI is InChI=1S/C10H10N4O5S/c11-20(17,18)6-1-2-8(7(3-6)10(15)16)12-4-9-13-5-19-14-9/h1-3,5,12H,4H2,(H,15,16)(H2,11,17,18). The molecular weight excluding hydrogens is 288 g/mol. The topological polar surface area (TPSA) is 148 Å². The van der Waals surface area contributed by atoms with Gasteiger partial charge in [-0.3, -0.25) is 0 Å². The number of hydrogen-bond donors (Lipinski definition) is 3. The quantitative estimate of drug-likeness (QED) is 0.699. The van der Waals surface area contributed by atoms with Crippen molar-refractivity contribution in [2.45, 2.75) is 11.4 Å². The highest BCUT2D eigenvalue weighted by Crippen LogP contribution is 2.20. The highest BCUT2D eigenvalue weighted by atomic mass is 32.2. The fraction of sp³-hybridized carbons (Fsp3) is 0.100. The number of aromatic nitrogens is 2. The number of benzene rings is 1. The van der Waals surface area contributed by atoms with E-state index in [4.69, 9.17) is 10.2 Å². The molecule has 1 aromatic carbocycles. The third-order valence-electron chi connectivity index (χ3n) is 2.39. The van der Waals surface area contributed by atoms with Gasteiger partial charge in [-0.05, 0) is 18.2 Å². The van der Waals surface area contributed by atoms with Crippen molar-refractivity contribution in [3.63, 3.8) is 0 Å². The predicted octanol–water partition coefficient (Wildman–Crippen LogP) is 0.0273. The molecule has 0 unspecified atom stereocenters. The summed E-state index contributed by atoms with van der Waals surface area (Å²) in [5.74, 6) is -0.956. The molecule has 1 aromatic heterocycles. The summed E-state index contributed by atoms with van der Waals surface area (Å²) in [6.07, 6.45) is 1.14. The second-order valence-electron chi connectivity index (χ2n) is 3.76. The third kappa shape index (κ3) is 3.10. The molecule has 0 aliphatic rings. The van der Waals surface area contributed by atoms with Crippen molar-refractivity contribution in [2.24, 2.45) is 5.14 Å². The molecule has 0 aliphatic carbocycles. The minimum Gasteiger partial charge on any atom is -0.478 e. The highest BCUT2D eigenvalue weighted by molar-refractivity contribution is 7.89. The molecule has 9 nitrogen and oxygen atoms in total. The Morgan fingerprint density at radius 3 is 2.75 bits per heavy atom. The van der Waals surface area contributed by atoms with E-state index in [9.17, 15) is 13.2 Å². The van der Waals surface area contributed by atoms with E-state index >= 15 is 0 Å². The smallest absolute Gasteiger partial charge is 0.337 e. The predicted molar refractivity (Wildman–Crippen MR) is 66.4 cm³/mol. The summed E-state index contributed by atoms with van der Waals surface area (Å²) in [5, 5.41) is 20.4. The fourth-order valence-electron chi connectivity index (χ4n) is 1.48. The molecule has 0 saturated heterocycles. The van der Waals surface area contributed by atoms with Crippen LogP contribution in [-0.4, -0.2) is 29.6 Å². The minimum atomic E-state index is -3.96. The van der Waals surface area contributed by atoms with Gasteiger partial charge in [0, 0.05) is 5.69 Å². The SMILES string of the molecule is NS(=O)(=O)c1ccc(NCc2ncon2)c(C(=O)O)c1. The van der Waals surface area contributed by atoms with Crippen LogP contribution in [0.3, 0.4) is 0 Å². The number of nitrogens with two attached hydrogens (primary N) is 1. The van der Waals surface area contributed by atoms with Gasteiger partial charge in [0.1, 0.15) is 0 Å². The van der Waals surface area contributed by atoms with E-state index in [0.717, 1.165) is 12.5 Å². The molecule has 0 bridgehead atoms. The van der Waals surface area contributed by atoms with Gasteiger partial charge in [-0.1, -0.05) is 5.16 Å². The second kappa shape index (κ2) is 5.27. The Morgan fingerprint density at radius 2 is 2.20 bits per heavy atom. The molecule has 10 heteroatoms. The van der Waals surface area contributed by atoms with Crippen molar-refractivity contribution in [2.75, 3.05) is 5.32 Å². The number of nitrogens with zero attached hydrogens (tertiary/aromatic N) is 2. The Balaban J connectivity index is 2.31. The van der Waals surface area contributed by atoms with Crippen molar-refractivity contribution in [1.82, 2.24) is 10.1 Å². The lowest BCUT2D eigenvalue weighted by molar-refractivity contribution is 0.0697. The maximum Gasteiger partial charge on any atom is 0.337 e. The number of hydrogen-bond acceptors (Lipinski definition) is 7. The normalized spacial score (nSPS) is 11.2. The largest absolute Gasteiger partial charge is 0.478 e. The maximum atomic E-state index is 11.2. The number of sulfonamides is 1. The van der Waals surface area contributed by atoms with Crippen molar-refractivity contribution >= 4 is 21.7 Å². The monoisotopic (exact) mass is 298 g/mol. The van der Waals surface area contributed by atoms with E-state index in [0.29, 0.717) is 5.82 Å². The molecule has 0 fully saturated rings. The van der Waals surface area contributed by atoms with E-state index in [1.165, 1.54) is 12.1 Å². The van der Waals surface area contributed by atoms with Crippen LogP contribution in [-0.2, 0) is 16.6 Å². The molecule has 0 radical (unpaired) electrons. The van der Waals surface area contributed by atoms with Crippen molar-refractivity contribution in [1.29, 1.82) is 0 Å². The van der Waals surface area contributed by atoms with Crippen LogP contribution in [0, 0.1) is 0 Å². The zero-order chi connectivity index (χ0) is 14.8. The Morgan fingerprint density at radius 1 is 1.45 bits per heavy atom. The Hall–Kier alpha value is -2.46. The van der Waals surface area contributed by atoms with Crippen LogP contribution in [0.4, 0.5) is 5.69 Å². The van der Waals surface area contributed by atoms with Crippen LogP contribution >= 0.6 is 0 Å². The summed E-state index contributed by atoms with van der Waals surface area (Å²) in [6.45, 7) is 0.130. The summed E-state index contributed by atoms with van der Waals surface area (Å²) >= 11 is 0. The molecule has 4 N–H and O–H groups in total. The van der Waals surface area contributed by atoms with E-state index in [-0.39, 0.29) is 22.7 Å².